The van der Waals surface area contributed by atoms with Crippen LogP contribution in [0.3, 0.4) is 0 Å². The maximum Gasteiger partial charge on any atom is 0.303 e. The average Bonchev–Trinajstić information content (AvgIpc) is 3.01. The number of rotatable bonds is 5. The van der Waals surface area contributed by atoms with Crippen LogP contribution in [-0.4, -0.2) is 56.6 Å². The number of allylic oxidation sites excluding steroid dienone is 2. The van der Waals surface area contributed by atoms with E-state index in [1.54, 1.807) is 27.7 Å². The molecule has 4 aliphatic rings. The lowest BCUT2D eigenvalue weighted by molar-refractivity contribution is -0.182. The predicted octanol–water partition coefficient (Wildman–Crippen LogP) is 3.71. The third-order valence-electron chi connectivity index (χ3n) is 11.4. The standard InChI is InChI=1S/C32H44O8/c1-17(33)40-27(2,3)13-12-23(36)32(9,39)25-21(35)15-29(6)22-11-10-18-19(14-20(34)26(38)28(18,4)5)31(22,8)24(37)16-30(25,29)7/h10,12-13,19,21-22,25,35,39H,11,14-16H2,1-9H3/t19-,21+,22+,25+,29+,30-,31+,32?/m1/s1. The van der Waals surface area contributed by atoms with Crippen molar-refractivity contribution in [2.45, 2.75) is 105 Å². The Labute approximate surface area is 236 Å². The second kappa shape index (κ2) is 9.02. The van der Waals surface area contributed by atoms with Crippen LogP contribution >= 0.6 is 0 Å². The van der Waals surface area contributed by atoms with E-state index in [1.165, 1.54) is 26.0 Å². The molecule has 0 aromatic rings. The highest BCUT2D eigenvalue weighted by Gasteiger charge is 2.74. The number of fused-ring (bicyclic) bond motifs is 5. The SMILES string of the molecule is CC(=O)OC(C)(C)C=CC(=O)C(C)(O)[C@H]1[C@@H](O)C[C@@]2(C)[C@@H]3CC=C4[C@@H](CC(=O)C(=O)C4(C)C)[C@]3(C)C(=O)C[C@]12C. The maximum absolute atomic E-state index is 14.3. The molecule has 0 heterocycles. The lowest BCUT2D eigenvalue weighted by Crippen LogP contribution is -2.65. The van der Waals surface area contributed by atoms with Crippen molar-refractivity contribution >= 4 is 29.1 Å². The zero-order valence-electron chi connectivity index (χ0n) is 25.2. The second-order valence-corrected chi connectivity index (χ2v) is 14.6. The van der Waals surface area contributed by atoms with Gasteiger partial charge in [0.1, 0.15) is 17.0 Å². The summed E-state index contributed by atoms with van der Waals surface area (Å²) in [6, 6.07) is 0. The van der Waals surface area contributed by atoms with Gasteiger partial charge in [-0.1, -0.05) is 32.4 Å². The van der Waals surface area contributed by atoms with Crippen LogP contribution in [-0.2, 0) is 28.7 Å². The van der Waals surface area contributed by atoms with Crippen LogP contribution < -0.4 is 0 Å². The van der Waals surface area contributed by atoms with Crippen molar-refractivity contribution in [3.05, 3.63) is 23.8 Å². The van der Waals surface area contributed by atoms with E-state index in [0.29, 0.717) is 6.42 Å². The third-order valence-corrected chi connectivity index (χ3v) is 11.4. The number of aliphatic hydroxyl groups excluding tert-OH is 1. The Kier molecular flexibility index (Phi) is 6.88. The van der Waals surface area contributed by atoms with E-state index in [2.05, 4.69) is 0 Å². The second-order valence-electron chi connectivity index (χ2n) is 14.6. The number of ketones is 4. The molecule has 0 amide bonds. The van der Waals surface area contributed by atoms with Crippen LogP contribution in [0.25, 0.3) is 0 Å². The van der Waals surface area contributed by atoms with E-state index < -0.39 is 74.1 Å². The lowest BCUT2D eigenvalue weighted by Gasteiger charge is -2.64. The Hall–Kier alpha value is -2.45. The fraction of sp³-hybridized carbons (Fsp3) is 0.719. The summed E-state index contributed by atoms with van der Waals surface area (Å²) in [7, 11) is 0. The molecule has 1 unspecified atom stereocenters. The van der Waals surface area contributed by atoms with Crippen molar-refractivity contribution in [2.75, 3.05) is 0 Å². The van der Waals surface area contributed by atoms with Gasteiger partial charge in [-0.25, -0.2) is 0 Å². The molecule has 8 atom stereocenters. The highest BCUT2D eigenvalue weighted by molar-refractivity contribution is 6.40. The van der Waals surface area contributed by atoms with E-state index in [0.717, 1.165) is 5.57 Å². The first-order valence-electron chi connectivity index (χ1n) is 14.2. The molecule has 8 nitrogen and oxygen atoms in total. The minimum absolute atomic E-state index is 0.00920. The summed E-state index contributed by atoms with van der Waals surface area (Å²) in [5.74, 6) is -3.72. The highest BCUT2D eigenvalue weighted by Crippen LogP contribution is 2.73. The summed E-state index contributed by atoms with van der Waals surface area (Å²) in [4.78, 5) is 64.7. The molecule has 8 heteroatoms. The van der Waals surface area contributed by atoms with E-state index in [-0.39, 0.29) is 31.0 Å². The van der Waals surface area contributed by atoms with Gasteiger partial charge < -0.3 is 14.9 Å². The topological polar surface area (TPSA) is 135 Å². The summed E-state index contributed by atoms with van der Waals surface area (Å²) in [6.45, 7) is 15.2. The minimum Gasteiger partial charge on any atom is -0.456 e. The van der Waals surface area contributed by atoms with Gasteiger partial charge in [0, 0.05) is 37.0 Å². The first-order chi connectivity index (χ1) is 18.1. The monoisotopic (exact) mass is 556 g/mol. The minimum atomic E-state index is -2.01. The third kappa shape index (κ3) is 4.04. The number of carbonyl (C=O) groups excluding carboxylic acids is 5. The van der Waals surface area contributed by atoms with E-state index in [1.807, 2.05) is 26.8 Å². The number of ether oxygens (including phenoxy) is 1. The zero-order valence-corrected chi connectivity index (χ0v) is 25.2. The van der Waals surface area contributed by atoms with Crippen LogP contribution in [0.15, 0.2) is 23.8 Å². The van der Waals surface area contributed by atoms with Crippen molar-refractivity contribution in [2.24, 2.45) is 39.4 Å². The summed E-state index contributed by atoms with van der Waals surface area (Å²) in [5.41, 5.74) is -5.73. The first-order valence-corrected chi connectivity index (χ1v) is 14.2. The van der Waals surface area contributed by atoms with Crippen LogP contribution in [0.1, 0.15) is 88.0 Å². The smallest absolute Gasteiger partial charge is 0.303 e. The van der Waals surface area contributed by atoms with Crippen molar-refractivity contribution in [3.63, 3.8) is 0 Å². The molecule has 0 bridgehead atoms. The summed E-state index contributed by atoms with van der Waals surface area (Å²) < 4.78 is 5.22. The van der Waals surface area contributed by atoms with Gasteiger partial charge in [0.2, 0.25) is 5.78 Å². The molecule has 0 radical (unpaired) electrons. The lowest BCUT2D eigenvalue weighted by atomic mass is 9.38. The summed E-state index contributed by atoms with van der Waals surface area (Å²) in [6.07, 6.45) is 4.35. The maximum atomic E-state index is 14.3. The molecule has 4 aliphatic carbocycles. The zero-order chi connectivity index (χ0) is 30.4. The van der Waals surface area contributed by atoms with Gasteiger partial charge in [-0.3, -0.25) is 24.0 Å². The molecule has 0 aromatic heterocycles. The van der Waals surface area contributed by atoms with E-state index in [4.69, 9.17) is 4.74 Å². The van der Waals surface area contributed by atoms with Gasteiger partial charge >= 0.3 is 5.97 Å². The Morgan fingerprint density at radius 2 is 1.65 bits per heavy atom. The van der Waals surface area contributed by atoms with E-state index >= 15 is 0 Å². The molecule has 2 N–H and O–H groups in total. The van der Waals surface area contributed by atoms with Gasteiger partial charge in [0.15, 0.2) is 11.6 Å². The number of hydrogen-bond acceptors (Lipinski definition) is 8. The molecule has 0 aliphatic heterocycles. The number of aliphatic hydroxyl groups is 2. The Balaban J connectivity index is 1.75. The Morgan fingerprint density at radius 1 is 1.05 bits per heavy atom. The van der Waals surface area contributed by atoms with Crippen LogP contribution in [0, 0.1) is 39.4 Å². The number of esters is 1. The fourth-order valence-corrected chi connectivity index (χ4v) is 9.22. The molecule has 4 rings (SSSR count). The van der Waals surface area contributed by atoms with Gasteiger partial charge in [0.25, 0.3) is 0 Å². The molecule has 0 aromatic carbocycles. The van der Waals surface area contributed by atoms with Gasteiger partial charge in [-0.05, 0) is 76.4 Å². The molecular weight excluding hydrogens is 512 g/mol. The first kappa shape index (κ1) is 30.5. The number of carbonyl (C=O) groups is 5. The molecule has 220 valence electrons. The van der Waals surface area contributed by atoms with Crippen molar-refractivity contribution in [3.8, 4) is 0 Å². The van der Waals surface area contributed by atoms with Crippen molar-refractivity contribution in [1.29, 1.82) is 0 Å². The molecule has 40 heavy (non-hydrogen) atoms. The highest BCUT2D eigenvalue weighted by atomic mass is 16.6. The number of hydrogen-bond donors (Lipinski definition) is 2. The predicted molar refractivity (Wildman–Crippen MR) is 147 cm³/mol. The molecule has 3 saturated carbocycles. The molecule has 0 saturated heterocycles. The average molecular weight is 557 g/mol. The Bertz CT molecular complexity index is 1250. The van der Waals surface area contributed by atoms with Gasteiger partial charge in [0.05, 0.1) is 11.5 Å². The molecule has 0 spiro atoms. The normalized spacial score (nSPS) is 40.6. The van der Waals surface area contributed by atoms with Crippen molar-refractivity contribution in [1.82, 2.24) is 0 Å². The van der Waals surface area contributed by atoms with Gasteiger partial charge in [-0.2, -0.15) is 0 Å². The van der Waals surface area contributed by atoms with E-state index in [9.17, 15) is 34.2 Å². The Morgan fingerprint density at radius 3 is 2.23 bits per heavy atom. The molecule has 3 fully saturated rings. The largest absolute Gasteiger partial charge is 0.456 e. The van der Waals surface area contributed by atoms with Crippen LogP contribution in [0.4, 0.5) is 0 Å². The number of Topliss-reactive ketones (excluding diaryl/α,β-unsaturated/α-hetero) is 3. The van der Waals surface area contributed by atoms with Crippen LogP contribution in [0.5, 0.6) is 0 Å². The quantitative estimate of drug-likeness (QED) is 0.227. The summed E-state index contributed by atoms with van der Waals surface area (Å²) >= 11 is 0. The van der Waals surface area contributed by atoms with Crippen molar-refractivity contribution < 1.29 is 38.9 Å². The van der Waals surface area contributed by atoms with Gasteiger partial charge in [-0.15, -0.1) is 0 Å². The summed E-state index contributed by atoms with van der Waals surface area (Å²) in [5, 5.41) is 23.2. The fourth-order valence-electron chi connectivity index (χ4n) is 9.22. The molecular formula is C32H44O8. The van der Waals surface area contributed by atoms with Crippen LogP contribution in [0.2, 0.25) is 0 Å².